The molecule has 0 amide bonds. The zero-order chi connectivity index (χ0) is 13.2. The SMILES string of the molecule is CC(CC1CCC1)NC1CCCC(C(F)(F)F)C1. The van der Waals surface area contributed by atoms with E-state index in [0.717, 1.165) is 18.8 Å². The van der Waals surface area contributed by atoms with Crippen molar-refractivity contribution in [3.05, 3.63) is 0 Å². The molecule has 0 aromatic rings. The van der Waals surface area contributed by atoms with Gasteiger partial charge in [-0.15, -0.1) is 0 Å². The molecule has 2 saturated carbocycles. The lowest BCUT2D eigenvalue weighted by molar-refractivity contribution is -0.183. The average Bonchev–Trinajstić information content (AvgIpc) is 2.23. The number of nitrogens with one attached hydrogen (secondary N) is 1. The third kappa shape index (κ3) is 3.87. The fourth-order valence-corrected chi connectivity index (χ4v) is 3.34. The van der Waals surface area contributed by atoms with Gasteiger partial charge in [-0.1, -0.05) is 25.7 Å². The molecule has 0 bridgehead atoms. The Bertz CT molecular complexity index is 260. The zero-order valence-corrected chi connectivity index (χ0v) is 11.1. The minimum Gasteiger partial charge on any atom is -0.311 e. The van der Waals surface area contributed by atoms with Crippen LogP contribution in [0.4, 0.5) is 13.2 Å². The Kier molecular flexibility index (Phi) is 4.57. The van der Waals surface area contributed by atoms with E-state index in [1.807, 2.05) is 0 Å². The largest absolute Gasteiger partial charge is 0.391 e. The first kappa shape index (κ1) is 14.2. The maximum atomic E-state index is 12.7. The lowest BCUT2D eigenvalue weighted by Gasteiger charge is -2.35. The summed E-state index contributed by atoms with van der Waals surface area (Å²) < 4.78 is 38.1. The Hall–Kier alpha value is -0.250. The fourth-order valence-electron chi connectivity index (χ4n) is 3.34. The highest BCUT2D eigenvalue weighted by atomic mass is 19.4. The molecule has 0 aromatic carbocycles. The number of hydrogen-bond acceptors (Lipinski definition) is 1. The smallest absolute Gasteiger partial charge is 0.311 e. The normalized spacial score (nSPS) is 32.0. The Morgan fingerprint density at radius 3 is 2.33 bits per heavy atom. The van der Waals surface area contributed by atoms with Gasteiger partial charge in [-0.3, -0.25) is 0 Å². The van der Waals surface area contributed by atoms with Crippen LogP contribution >= 0.6 is 0 Å². The molecule has 4 heteroatoms. The molecule has 2 aliphatic carbocycles. The number of halogens is 3. The van der Waals surface area contributed by atoms with Crippen molar-refractivity contribution in [3.8, 4) is 0 Å². The highest BCUT2D eigenvalue weighted by molar-refractivity contribution is 4.84. The Labute approximate surface area is 108 Å². The molecule has 1 N–H and O–H groups in total. The van der Waals surface area contributed by atoms with Crippen LogP contribution < -0.4 is 5.32 Å². The van der Waals surface area contributed by atoms with Gasteiger partial charge in [0.25, 0.3) is 0 Å². The molecular weight excluding hydrogens is 239 g/mol. The van der Waals surface area contributed by atoms with Gasteiger partial charge in [0.1, 0.15) is 0 Å². The van der Waals surface area contributed by atoms with E-state index in [0.29, 0.717) is 18.9 Å². The van der Waals surface area contributed by atoms with E-state index < -0.39 is 12.1 Å². The van der Waals surface area contributed by atoms with Gasteiger partial charge in [0.2, 0.25) is 0 Å². The molecular formula is C14H24F3N. The van der Waals surface area contributed by atoms with E-state index in [9.17, 15) is 13.2 Å². The van der Waals surface area contributed by atoms with Crippen LogP contribution in [0.15, 0.2) is 0 Å². The summed E-state index contributed by atoms with van der Waals surface area (Å²) in [6.07, 6.45) is 3.28. The van der Waals surface area contributed by atoms with E-state index in [-0.39, 0.29) is 12.5 Å². The number of alkyl halides is 3. The van der Waals surface area contributed by atoms with E-state index >= 15 is 0 Å². The first-order chi connectivity index (χ1) is 8.45. The molecule has 0 radical (unpaired) electrons. The average molecular weight is 263 g/mol. The van der Waals surface area contributed by atoms with Crippen LogP contribution in [-0.2, 0) is 0 Å². The summed E-state index contributed by atoms with van der Waals surface area (Å²) in [5.74, 6) is -0.269. The second-order valence-corrected chi connectivity index (χ2v) is 6.20. The second-order valence-electron chi connectivity index (χ2n) is 6.20. The topological polar surface area (TPSA) is 12.0 Å². The molecule has 2 rings (SSSR count). The van der Waals surface area contributed by atoms with E-state index in [1.165, 1.54) is 19.3 Å². The van der Waals surface area contributed by atoms with Crippen LogP contribution in [0.25, 0.3) is 0 Å². The number of rotatable bonds is 4. The molecule has 2 aliphatic rings. The summed E-state index contributed by atoms with van der Waals surface area (Å²) in [4.78, 5) is 0. The predicted molar refractivity (Wildman–Crippen MR) is 66.4 cm³/mol. The Morgan fingerprint density at radius 2 is 1.78 bits per heavy atom. The van der Waals surface area contributed by atoms with Gasteiger partial charge in [-0.2, -0.15) is 13.2 Å². The van der Waals surface area contributed by atoms with Crippen LogP contribution in [0.5, 0.6) is 0 Å². The molecule has 0 saturated heterocycles. The second kappa shape index (κ2) is 5.81. The summed E-state index contributed by atoms with van der Waals surface area (Å²) in [6.45, 7) is 2.12. The van der Waals surface area contributed by atoms with Gasteiger partial charge in [-0.05, 0) is 38.5 Å². The lowest BCUT2D eigenvalue weighted by atomic mass is 9.80. The third-order valence-electron chi connectivity index (χ3n) is 4.57. The van der Waals surface area contributed by atoms with Gasteiger partial charge >= 0.3 is 6.18 Å². The molecule has 1 nitrogen and oxygen atoms in total. The Balaban J connectivity index is 1.74. The van der Waals surface area contributed by atoms with Crippen molar-refractivity contribution in [1.29, 1.82) is 0 Å². The molecule has 18 heavy (non-hydrogen) atoms. The minimum atomic E-state index is -4.00. The van der Waals surface area contributed by atoms with Gasteiger partial charge in [0.15, 0.2) is 0 Å². The quantitative estimate of drug-likeness (QED) is 0.798. The maximum absolute atomic E-state index is 12.7. The molecule has 0 heterocycles. The van der Waals surface area contributed by atoms with Gasteiger partial charge in [0.05, 0.1) is 5.92 Å². The van der Waals surface area contributed by atoms with Crippen LogP contribution in [0.1, 0.15) is 58.3 Å². The third-order valence-corrected chi connectivity index (χ3v) is 4.57. The zero-order valence-electron chi connectivity index (χ0n) is 11.1. The lowest BCUT2D eigenvalue weighted by Crippen LogP contribution is -2.43. The van der Waals surface area contributed by atoms with Crippen LogP contribution in [0.2, 0.25) is 0 Å². The predicted octanol–water partition coefficient (Wildman–Crippen LogP) is 4.28. The molecule has 3 unspecified atom stereocenters. The summed E-state index contributed by atoms with van der Waals surface area (Å²) in [6, 6.07) is 0.438. The maximum Gasteiger partial charge on any atom is 0.391 e. The standard InChI is InChI=1S/C14H24F3N/c1-10(8-11-4-2-5-11)18-13-7-3-6-12(9-13)14(15,16)17/h10-13,18H,2-9H2,1H3. The van der Waals surface area contributed by atoms with Gasteiger partial charge < -0.3 is 5.32 Å². The number of hydrogen-bond donors (Lipinski definition) is 1. The highest BCUT2D eigenvalue weighted by Crippen LogP contribution is 2.38. The van der Waals surface area contributed by atoms with E-state index in [1.54, 1.807) is 0 Å². The van der Waals surface area contributed by atoms with Crippen molar-refractivity contribution < 1.29 is 13.2 Å². The fraction of sp³-hybridized carbons (Fsp3) is 1.00. The Morgan fingerprint density at radius 1 is 1.11 bits per heavy atom. The summed E-state index contributed by atoms with van der Waals surface area (Å²) in [7, 11) is 0. The summed E-state index contributed by atoms with van der Waals surface area (Å²) >= 11 is 0. The molecule has 2 fully saturated rings. The van der Waals surface area contributed by atoms with Crippen molar-refractivity contribution in [2.24, 2.45) is 11.8 Å². The molecule has 106 valence electrons. The van der Waals surface area contributed by atoms with Crippen molar-refractivity contribution in [2.75, 3.05) is 0 Å². The van der Waals surface area contributed by atoms with Crippen molar-refractivity contribution >= 4 is 0 Å². The van der Waals surface area contributed by atoms with Crippen LogP contribution in [0, 0.1) is 11.8 Å². The van der Waals surface area contributed by atoms with Crippen molar-refractivity contribution in [1.82, 2.24) is 5.32 Å². The van der Waals surface area contributed by atoms with Crippen LogP contribution in [0.3, 0.4) is 0 Å². The van der Waals surface area contributed by atoms with Crippen LogP contribution in [-0.4, -0.2) is 18.3 Å². The summed E-state index contributed by atoms with van der Waals surface area (Å²) in [5, 5.41) is 3.42. The van der Waals surface area contributed by atoms with E-state index in [4.69, 9.17) is 0 Å². The molecule has 3 atom stereocenters. The van der Waals surface area contributed by atoms with Crippen molar-refractivity contribution in [3.63, 3.8) is 0 Å². The van der Waals surface area contributed by atoms with E-state index in [2.05, 4.69) is 12.2 Å². The molecule has 0 spiro atoms. The first-order valence-electron chi connectivity index (χ1n) is 7.28. The molecule has 0 aliphatic heterocycles. The molecule has 0 aromatic heterocycles. The first-order valence-corrected chi connectivity index (χ1v) is 7.28. The van der Waals surface area contributed by atoms with Crippen molar-refractivity contribution in [2.45, 2.75) is 76.6 Å². The van der Waals surface area contributed by atoms with Gasteiger partial charge in [-0.25, -0.2) is 0 Å². The monoisotopic (exact) mass is 263 g/mol. The summed E-state index contributed by atoms with van der Waals surface area (Å²) in [5.41, 5.74) is 0. The van der Waals surface area contributed by atoms with Gasteiger partial charge in [0, 0.05) is 12.1 Å². The highest BCUT2D eigenvalue weighted by Gasteiger charge is 2.42. The minimum absolute atomic E-state index is 0.0699.